The number of rotatable bonds is 7. The number of carbonyl (C=O) groups excluding carboxylic acids is 1. The molecule has 1 amide bonds. The summed E-state index contributed by atoms with van der Waals surface area (Å²) in [5.41, 5.74) is 1.84. The van der Waals surface area contributed by atoms with Crippen molar-refractivity contribution in [2.75, 3.05) is 6.54 Å². The third-order valence-electron chi connectivity index (χ3n) is 4.84. The average molecular weight is 380 g/mol. The molecule has 0 bridgehead atoms. The summed E-state index contributed by atoms with van der Waals surface area (Å²) in [5.74, 6) is -1.15. The van der Waals surface area contributed by atoms with E-state index >= 15 is 0 Å². The van der Waals surface area contributed by atoms with Gasteiger partial charge in [0.15, 0.2) is 5.65 Å². The smallest absolute Gasteiger partial charge is 0.309 e. The van der Waals surface area contributed by atoms with Crippen LogP contribution < -0.4 is 5.32 Å². The van der Waals surface area contributed by atoms with Crippen LogP contribution in [0.4, 0.5) is 0 Å². The van der Waals surface area contributed by atoms with Gasteiger partial charge < -0.3 is 10.4 Å². The van der Waals surface area contributed by atoms with Crippen LogP contribution in [-0.4, -0.2) is 38.3 Å². The maximum Gasteiger partial charge on any atom is 0.309 e. The SMILES string of the molecule is CCn1ncc2c(C(=O)NCCC(C)(C)C(=O)O)cc(-c3ccccc3)nc21. The second kappa shape index (κ2) is 7.80. The Labute approximate surface area is 163 Å². The Morgan fingerprint density at radius 2 is 1.93 bits per heavy atom. The van der Waals surface area contributed by atoms with Crippen LogP contribution in [0, 0.1) is 5.41 Å². The highest BCUT2D eigenvalue weighted by Crippen LogP contribution is 2.25. The molecule has 0 fully saturated rings. The van der Waals surface area contributed by atoms with Gasteiger partial charge in [-0.1, -0.05) is 30.3 Å². The minimum atomic E-state index is -0.900. The molecule has 146 valence electrons. The minimum Gasteiger partial charge on any atom is -0.481 e. The summed E-state index contributed by atoms with van der Waals surface area (Å²) in [4.78, 5) is 28.8. The van der Waals surface area contributed by atoms with Crippen LogP contribution in [0.25, 0.3) is 22.3 Å². The Hall–Kier alpha value is -3.22. The Bertz CT molecular complexity index is 1010. The number of carbonyl (C=O) groups is 2. The zero-order valence-corrected chi connectivity index (χ0v) is 16.3. The molecule has 2 aromatic heterocycles. The lowest BCUT2D eigenvalue weighted by Gasteiger charge is -2.19. The molecule has 0 saturated heterocycles. The van der Waals surface area contributed by atoms with E-state index in [1.54, 1.807) is 30.8 Å². The first-order chi connectivity index (χ1) is 13.3. The van der Waals surface area contributed by atoms with Gasteiger partial charge in [-0.25, -0.2) is 9.67 Å². The number of nitrogens with one attached hydrogen (secondary N) is 1. The summed E-state index contributed by atoms with van der Waals surface area (Å²) in [6.07, 6.45) is 1.98. The fourth-order valence-electron chi connectivity index (χ4n) is 2.91. The lowest BCUT2D eigenvalue weighted by molar-refractivity contribution is -0.147. The Kier molecular flexibility index (Phi) is 5.44. The van der Waals surface area contributed by atoms with Gasteiger partial charge in [-0.15, -0.1) is 0 Å². The van der Waals surface area contributed by atoms with Gasteiger partial charge in [-0.3, -0.25) is 9.59 Å². The molecule has 28 heavy (non-hydrogen) atoms. The number of aryl methyl sites for hydroxylation is 1. The number of pyridine rings is 1. The Morgan fingerprint density at radius 3 is 2.57 bits per heavy atom. The number of amides is 1. The standard InChI is InChI=1S/C21H24N4O3/c1-4-25-18-16(13-23-25)15(12-17(24-18)14-8-6-5-7-9-14)19(26)22-11-10-21(2,3)20(27)28/h5-9,12-13H,4,10-11H2,1-3H3,(H,22,26)(H,27,28). The molecule has 7 nitrogen and oxygen atoms in total. The molecule has 0 aliphatic heterocycles. The summed E-state index contributed by atoms with van der Waals surface area (Å²) in [7, 11) is 0. The molecule has 2 heterocycles. The van der Waals surface area contributed by atoms with Gasteiger partial charge in [0.1, 0.15) is 0 Å². The van der Waals surface area contributed by atoms with Gasteiger partial charge in [-0.05, 0) is 33.3 Å². The quantitative estimate of drug-likeness (QED) is 0.655. The molecule has 3 aromatic rings. The van der Waals surface area contributed by atoms with Crippen molar-refractivity contribution in [2.24, 2.45) is 5.41 Å². The molecule has 1 aromatic carbocycles. The van der Waals surface area contributed by atoms with E-state index in [1.807, 2.05) is 37.3 Å². The highest BCUT2D eigenvalue weighted by molar-refractivity contribution is 6.06. The molecule has 3 rings (SSSR count). The van der Waals surface area contributed by atoms with E-state index in [0.717, 1.165) is 5.56 Å². The number of carboxylic acids is 1. The topological polar surface area (TPSA) is 97.1 Å². The van der Waals surface area contributed by atoms with Crippen molar-refractivity contribution in [1.82, 2.24) is 20.1 Å². The van der Waals surface area contributed by atoms with Crippen molar-refractivity contribution >= 4 is 22.9 Å². The molecule has 0 spiro atoms. The summed E-state index contributed by atoms with van der Waals surface area (Å²) in [6.45, 7) is 6.17. The van der Waals surface area contributed by atoms with Gasteiger partial charge in [0.05, 0.1) is 28.3 Å². The molecule has 2 N–H and O–H groups in total. The molecule has 0 aliphatic rings. The number of aromatic nitrogens is 3. The fraction of sp³-hybridized carbons (Fsp3) is 0.333. The first kappa shape index (κ1) is 19.5. The molecule has 0 saturated carbocycles. The van der Waals surface area contributed by atoms with Crippen molar-refractivity contribution < 1.29 is 14.7 Å². The van der Waals surface area contributed by atoms with Crippen molar-refractivity contribution in [3.05, 3.63) is 48.2 Å². The largest absolute Gasteiger partial charge is 0.481 e. The van der Waals surface area contributed by atoms with Crippen LogP contribution in [0.2, 0.25) is 0 Å². The summed E-state index contributed by atoms with van der Waals surface area (Å²) < 4.78 is 1.76. The molecule has 0 radical (unpaired) electrons. The number of hydrogen-bond donors (Lipinski definition) is 2. The van der Waals surface area contributed by atoms with Gasteiger partial charge in [-0.2, -0.15) is 5.10 Å². The van der Waals surface area contributed by atoms with Crippen molar-refractivity contribution in [3.8, 4) is 11.3 Å². The van der Waals surface area contributed by atoms with E-state index in [4.69, 9.17) is 4.98 Å². The molecule has 0 atom stereocenters. The predicted octanol–water partition coefficient (Wildman–Crippen LogP) is 3.35. The zero-order valence-electron chi connectivity index (χ0n) is 16.3. The van der Waals surface area contributed by atoms with E-state index < -0.39 is 11.4 Å². The highest BCUT2D eigenvalue weighted by Gasteiger charge is 2.27. The molecule has 0 aliphatic carbocycles. The number of aliphatic carboxylic acids is 1. The monoisotopic (exact) mass is 380 g/mol. The third-order valence-corrected chi connectivity index (χ3v) is 4.84. The van der Waals surface area contributed by atoms with Gasteiger partial charge in [0, 0.05) is 18.7 Å². The van der Waals surface area contributed by atoms with Crippen LogP contribution >= 0.6 is 0 Å². The van der Waals surface area contributed by atoms with E-state index in [0.29, 0.717) is 35.3 Å². The molecule has 0 unspecified atom stereocenters. The predicted molar refractivity (Wildman–Crippen MR) is 107 cm³/mol. The van der Waals surface area contributed by atoms with Gasteiger partial charge >= 0.3 is 5.97 Å². The van der Waals surface area contributed by atoms with Crippen LogP contribution in [0.1, 0.15) is 37.6 Å². The van der Waals surface area contributed by atoms with E-state index in [9.17, 15) is 14.7 Å². The van der Waals surface area contributed by atoms with Crippen LogP contribution in [0.5, 0.6) is 0 Å². The molecule has 7 heteroatoms. The molecular formula is C21H24N4O3. The number of fused-ring (bicyclic) bond motifs is 1. The summed E-state index contributed by atoms with van der Waals surface area (Å²) in [6, 6.07) is 11.4. The van der Waals surface area contributed by atoms with Crippen molar-refractivity contribution in [1.29, 1.82) is 0 Å². The minimum absolute atomic E-state index is 0.263. The zero-order chi connectivity index (χ0) is 20.3. The first-order valence-electron chi connectivity index (χ1n) is 9.27. The number of hydrogen-bond acceptors (Lipinski definition) is 4. The maximum atomic E-state index is 12.9. The molecular weight excluding hydrogens is 356 g/mol. The van der Waals surface area contributed by atoms with Crippen LogP contribution in [0.15, 0.2) is 42.6 Å². The number of nitrogens with zero attached hydrogens (tertiary/aromatic N) is 3. The normalized spacial score (nSPS) is 11.5. The third kappa shape index (κ3) is 3.88. The fourth-order valence-corrected chi connectivity index (χ4v) is 2.91. The first-order valence-corrected chi connectivity index (χ1v) is 9.27. The lowest BCUT2D eigenvalue weighted by atomic mass is 9.89. The van der Waals surface area contributed by atoms with Crippen molar-refractivity contribution in [2.45, 2.75) is 33.7 Å². The van der Waals surface area contributed by atoms with Crippen LogP contribution in [0.3, 0.4) is 0 Å². The number of carboxylic acid groups (broad SMARTS) is 1. The van der Waals surface area contributed by atoms with Gasteiger partial charge in [0.25, 0.3) is 5.91 Å². The van der Waals surface area contributed by atoms with E-state index in [2.05, 4.69) is 10.4 Å². The lowest BCUT2D eigenvalue weighted by Crippen LogP contribution is -2.32. The Balaban J connectivity index is 1.94. The van der Waals surface area contributed by atoms with Gasteiger partial charge in [0.2, 0.25) is 0 Å². The Morgan fingerprint density at radius 1 is 1.21 bits per heavy atom. The van der Waals surface area contributed by atoms with Crippen molar-refractivity contribution in [3.63, 3.8) is 0 Å². The second-order valence-corrected chi connectivity index (χ2v) is 7.31. The number of benzene rings is 1. The van der Waals surface area contributed by atoms with E-state index in [-0.39, 0.29) is 12.5 Å². The summed E-state index contributed by atoms with van der Waals surface area (Å²) in [5, 5.41) is 17.1. The highest BCUT2D eigenvalue weighted by atomic mass is 16.4. The van der Waals surface area contributed by atoms with E-state index in [1.165, 1.54) is 0 Å². The van der Waals surface area contributed by atoms with Crippen LogP contribution in [-0.2, 0) is 11.3 Å². The summed E-state index contributed by atoms with van der Waals surface area (Å²) >= 11 is 0. The average Bonchev–Trinajstić information content (AvgIpc) is 3.10. The maximum absolute atomic E-state index is 12.9. The second-order valence-electron chi connectivity index (χ2n) is 7.31.